The third-order valence-corrected chi connectivity index (χ3v) is 3.66. The molecule has 0 fully saturated rings. The average Bonchev–Trinajstić information content (AvgIpc) is 3.10. The Bertz CT molecular complexity index is 854. The van der Waals surface area contributed by atoms with Gasteiger partial charge in [0.1, 0.15) is 5.69 Å². The van der Waals surface area contributed by atoms with Gasteiger partial charge in [-0.2, -0.15) is 5.10 Å². The van der Waals surface area contributed by atoms with Gasteiger partial charge in [0.25, 0.3) is 0 Å². The van der Waals surface area contributed by atoms with Crippen molar-refractivity contribution in [2.75, 3.05) is 6.54 Å². The number of carbonyl (C=O) groups excluding carboxylic acids is 1. The van der Waals surface area contributed by atoms with E-state index < -0.39 is 0 Å². The largest absolute Gasteiger partial charge is 0.353 e. The van der Waals surface area contributed by atoms with Gasteiger partial charge < -0.3 is 5.32 Å². The van der Waals surface area contributed by atoms with Crippen molar-refractivity contribution in [3.05, 3.63) is 72.7 Å². The Labute approximate surface area is 147 Å². The molecule has 0 saturated heterocycles. The van der Waals surface area contributed by atoms with E-state index in [0.717, 1.165) is 28.9 Å². The smallest absolute Gasteiger partial charge is 0.244 e. The molecule has 3 rings (SSSR count). The van der Waals surface area contributed by atoms with Crippen LogP contribution in [0.3, 0.4) is 0 Å². The van der Waals surface area contributed by atoms with Gasteiger partial charge in [-0.15, -0.1) is 0 Å². The van der Waals surface area contributed by atoms with Crippen LogP contribution in [0.2, 0.25) is 0 Å². The molecule has 5 nitrogen and oxygen atoms in total. The molecule has 0 aliphatic heterocycles. The van der Waals surface area contributed by atoms with Crippen molar-refractivity contribution < 1.29 is 4.79 Å². The van der Waals surface area contributed by atoms with Crippen molar-refractivity contribution in [2.24, 2.45) is 0 Å². The number of hydrogen-bond acceptors (Lipinski definition) is 3. The molecule has 0 spiro atoms. The highest BCUT2D eigenvalue weighted by Crippen LogP contribution is 2.24. The molecule has 0 aliphatic carbocycles. The summed E-state index contributed by atoms with van der Waals surface area (Å²) in [5.41, 5.74) is 3.52. The van der Waals surface area contributed by atoms with Gasteiger partial charge in [0.2, 0.25) is 5.91 Å². The number of hydrogen-bond donors (Lipinski definition) is 1. The number of carbonyl (C=O) groups is 1. The van der Waals surface area contributed by atoms with Crippen LogP contribution >= 0.6 is 0 Å². The maximum absolute atomic E-state index is 11.9. The predicted octanol–water partition coefficient (Wildman–Crippen LogP) is 3.47. The van der Waals surface area contributed by atoms with Gasteiger partial charge in [-0.1, -0.05) is 25.1 Å². The highest BCUT2D eigenvalue weighted by Gasteiger charge is 2.10. The summed E-state index contributed by atoms with van der Waals surface area (Å²) in [5, 5.41) is 7.52. The lowest BCUT2D eigenvalue weighted by molar-refractivity contribution is -0.116. The Morgan fingerprint density at radius 3 is 2.76 bits per heavy atom. The molecule has 0 saturated carbocycles. The topological polar surface area (TPSA) is 59.8 Å². The molecule has 1 amide bonds. The molecule has 0 aliphatic rings. The van der Waals surface area contributed by atoms with E-state index in [1.54, 1.807) is 24.5 Å². The van der Waals surface area contributed by atoms with Crippen LogP contribution in [-0.4, -0.2) is 27.2 Å². The number of pyridine rings is 1. The maximum Gasteiger partial charge on any atom is 0.244 e. The Morgan fingerprint density at radius 1 is 1.20 bits per heavy atom. The first-order valence-corrected chi connectivity index (χ1v) is 8.29. The Morgan fingerprint density at radius 2 is 2.04 bits per heavy atom. The lowest BCUT2D eigenvalue weighted by Gasteiger charge is -2.00. The van der Waals surface area contributed by atoms with Crippen LogP contribution in [0.1, 0.15) is 18.9 Å². The summed E-state index contributed by atoms with van der Waals surface area (Å²) in [7, 11) is 0. The van der Waals surface area contributed by atoms with Crippen LogP contribution in [0, 0.1) is 0 Å². The van der Waals surface area contributed by atoms with Crippen molar-refractivity contribution in [3.8, 4) is 16.9 Å². The molecule has 3 aromatic rings. The van der Waals surface area contributed by atoms with Crippen molar-refractivity contribution >= 4 is 12.0 Å². The molecule has 126 valence electrons. The second kappa shape index (κ2) is 8.06. The van der Waals surface area contributed by atoms with Gasteiger partial charge in [-0.3, -0.25) is 9.78 Å². The number of aromatic nitrogens is 3. The molecular weight excluding hydrogens is 312 g/mol. The highest BCUT2D eigenvalue weighted by atomic mass is 16.1. The Hall–Kier alpha value is -3.21. The first kappa shape index (κ1) is 16.6. The first-order valence-electron chi connectivity index (χ1n) is 8.29. The fourth-order valence-electron chi connectivity index (χ4n) is 2.42. The van der Waals surface area contributed by atoms with Gasteiger partial charge in [0, 0.05) is 42.3 Å². The number of amides is 1. The zero-order chi connectivity index (χ0) is 17.5. The van der Waals surface area contributed by atoms with Crippen LogP contribution in [0.25, 0.3) is 23.0 Å². The maximum atomic E-state index is 11.9. The van der Waals surface area contributed by atoms with E-state index in [0.29, 0.717) is 6.54 Å². The summed E-state index contributed by atoms with van der Waals surface area (Å²) in [6.45, 7) is 2.69. The van der Waals surface area contributed by atoms with E-state index >= 15 is 0 Å². The van der Waals surface area contributed by atoms with Crippen molar-refractivity contribution in [3.63, 3.8) is 0 Å². The van der Waals surface area contributed by atoms with Gasteiger partial charge in [-0.05, 0) is 36.8 Å². The zero-order valence-corrected chi connectivity index (χ0v) is 14.1. The average molecular weight is 332 g/mol. The molecule has 25 heavy (non-hydrogen) atoms. The predicted molar refractivity (Wildman–Crippen MR) is 99.1 cm³/mol. The summed E-state index contributed by atoms with van der Waals surface area (Å²) in [6, 6.07) is 13.7. The minimum Gasteiger partial charge on any atom is -0.353 e. The zero-order valence-electron chi connectivity index (χ0n) is 14.1. The summed E-state index contributed by atoms with van der Waals surface area (Å²) >= 11 is 0. The van der Waals surface area contributed by atoms with Crippen LogP contribution < -0.4 is 5.32 Å². The summed E-state index contributed by atoms with van der Waals surface area (Å²) in [6.07, 6.45) is 9.66. The fraction of sp³-hybridized carbons (Fsp3) is 0.150. The van der Waals surface area contributed by atoms with Crippen LogP contribution in [0.5, 0.6) is 0 Å². The highest BCUT2D eigenvalue weighted by molar-refractivity contribution is 5.92. The summed E-state index contributed by atoms with van der Waals surface area (Å²) < 4.78 is 1.81. The molecule has 0 bridgehead atoms. The molecular formula is C20H20N4O. The van der Waals surface area contributed by atoms with Crippen molar-refractivity contribution in [2.45, 2.75) is 13.3 Å². The van der Waals surface area contributed by atoms with Crippen LogP contribution in [-0.2, 0) is 4.79 Å². The van der Waals surface area contributed by atoms with E-state index in [9.17, 15) is 4.79 Å². The van der Waals surface area contributed by atoms with Gasteiger partial charge in [-0.25, -0.2) is 4.68 Å². The molecule has 0 radical (unpaired) electrons. The number of nitrogens with one attached hydrogen (secondary N) is 1. The Kier molecular flexibility index (Phi) is 5.36. The van der Waals surface area contributed by atoms with Crippen molar-refractivity contribution in [1.82, 2.24) is 20.1 Å². The molecule has 2 heterocycles. The number of para-hydroxylation sites is 1. The van der Waals surface area contributed by atoms with E-state index in [2.05, 4.69) is 15.4 Å². The normalized spacial score (nSPS) is 10.9. The Balaban J connectivity index is 1.96. The standard InChI is InChI=1S/C20H20N4O/c1-2-12-22-19(25)11-10-17-15-24(18-8-4-3-5-9-18)23-20(17)16-7-6-13-21-14-16/h3-11,13-15H,2,12H2,1H3,(H,22,25)/b11-10+. The number of rotatable bonds is 6. The minimum absolute atomic E-state index is 0.105. The van der Waals surface area contributed by atoms with E-state index in [1.807, 2.05) is 60.3 Å². The summed E-state index contributed by atoms with van der Waals surface area (Å²) in [4.78, 5) is 16.0. The van der Waals surface area contributed by atoms with E-state index in [-0.39, 0.29) is 5.91 Å². The van der Waals surface area contributed by atoms with E-state index in [1.165, 1.54) is 0 Å². The van der Waals surface area contributed by atoms with Crippen LogP contribution in [0.4, 0.5) is 0 Å². The first-order chi connectivity index (χ1) is 12.3. The number of nitrogens with zero attached hydrogens (tertiary/aromatic N) is 3. The third kappa shape index (κ3) is 4.20. The molecule has 0 atom stereocenters. The lowest BCUT2D eigenvalue weighted by Crippen LogP contribution is -2.21. The third-order valence-electron chi connectivity index (χ3n) is 3.66. The van der Waals surface area contributed by atoms with Gasteiger partial charge in [0.05, 0.1) is 5.69 Å². The minimum atomic E-state index is -0.105. The summed E-state index contributed by atoms with van der Waals surface area (Å²) in [5.74, 6) is -0.105. The molecule has 1 aromatic carbocycles. The molecule has 0 unspecified atom stereocenters. The van der Waals surface area contributed by atoms with Gasteiger partial charge >= 0.3 is 0 Å². The molecule has 1 N–H and O–H groups in total. The molecule has 5 heteroatoms. The van der Waals surface area contributed by atoms with Crippen molar-refractivity contribution in [1.29, 1.82) is 0 Å². The second-order valence-corrected chi connectivity index (χ2v) is 5.58. The number of benzene rings is 1. The monoisotopic (exact) mass is 332 g/mol. The second-order valence-electron chi connectivity index (χ2n) is 5.58. The van der Waals surface area contributed by atoms with Gasteiger partial charge in [0.15, 0.2) is 0 Å². The van der Waals surface area contributed by atoms with E-state index in [4.69, 9.17) is 0 Å². The fourth-order valence-corrected chi connectivity index (χ4v) is 2.42. The molecule has 2 aromatic heterocycles. The quantitative estimate of drug-likeness (QED) is 0.703. The SMILES string of the molecule is CCCNC(=O)/C=C/c1cn(-c2ccccc2)nc1-c1cccnc1. The van der Waals surface area contributed by atoms with Crippen LogP contribution in [0.15, 0.2) is 67.1 Å². The lowest BCUT2D eigenvalue weighted by atomic mass is 10.1.